The minimum absolute atomic E-state index is 0.0227. The Morgan fingerprint density at radius 2 is 1.41 bits per heavy atom. The lowest BCUT2D eigenvalue weighted by Crippen LogP contribution is -2.55. The van der Waals surface area contributed by atoms with Crippen LogP contribution in [0.25, 0.3) is 0 Å². The van der Waals surface area contributed by atoms with Crippen molar-refractivity contribution in [3.05, 3.63) is 0 Å². The van der Waals surface area contributed by atoms with E-state index in [4.69, 9.17) is 0 Å². The summed E-state index contributed by atoms with van der Waals surface area (Å²) in [7, 11) is -4.71. The Labute approximate surface area is 305 Å². The van der Waals surface area contributed by atoms with Gasteiger partial charge in [-0.3, -0.25) is 9.59 Å². The van der Waals surface area contributed by atoms with E-state index in [2.05, 4.69) is 10.1 Å². The number of nitrogens with one attached hydrogen (secondary N) is 2. The van der Waals surface area contributed by atoms with E-state index in [0.29, 0.717) is 13.1 Å². The van der Waals surface area contributed by atoms with Gasteiger partial charge in [0.2, 0.25) is 31.9 Å². The highest BCUT2D eigenvalue weighted by Gasteiger charge is 2.44. The zero-order chi connectivity index (χ0) is 37.9. The van der Waals surface area contributed by atoms with Crippen molar-refractivity contribution in [1.29, 1.82) is 0 Å². The maximum Gasteiger partial charge on any atom is 0.225 e. The van der Waals surface area contributed by atoms with Crippen molar-refractivity contribution in [2.45, 2.75) is 140 Å². The van der Waals surface area contributed by atoms with Crippen molar-refractivity contribution < 1.29 is 40.3 Å². The summed E-state index contributed by atoms with van der Waals surface area (Å²) in [4.78, 5) is 32.2. The van der Waals surface area contributed by atoms with E-state index < -0.39 is 73.4 Å². The first-order valence-electron chi connectivity index (χ1n) is 19.2. The molecule has 0 aliphatic heterocycles. The summed E-state index contributed by atoms with van der Waals surface area (Å²) in [5.41, 5.74) is 0. The number of amides is 2. The summed E-state index contributed by atoms with van der Waals surface area (Å²) < 4.78 is 83.0. The van der Waals surface area contributed by atoms with Gasteiger partial charge in [0.25, 0.3) is 0 Å². The molecular formula is C35H65F2N5O7S2. The number of rotatable bonds is 19. The van der Waals surface area contributed by atoms with E-state index in [1.807, 2.05) is 13.8 Å². The molecule has 3 saturated carbocycles. The highest BCUT2D eigenvalue weighted by molar-refractivity contribution is 7.89. The molecule has 7 atom stereocenters. The number of aliphatic hydroxyl groups is 1. The summed E-state index contributed by atoms with van der Waals surface area (Å²) in [6.45, 7) is 6.71. The number of halogens is 2. The van der Waals surface area contributed by atoms with Gasteiger partial charge in [-0.05, 0) is 76.0 Å². The lowest BCUT2D eigenvalue weighted by atomic mass is 9.79. The molecule has 3 aliphatic carbocycles. The standard InChI is InChI=1S/C35H65F2N5O7S2/c1-6-14-41(15-7-2)35(45)28-19-27(20-31(21-28)51(48,49)40(4)5)34(44)38-32(18-26-16-29(36)22-30(37)17-26)33(43)23-42(8-3)39-50(46,47)24-25-12-10-9-11-13-25/h25-33,39,43H,6-24H2,1-5H3,(H,38,44). The average Bonchev–Trinajstić information content (AvgIpc) is 3.06. The average molecular weight is 770 g/mol. The predicted molar refractivity (Wildman–Crippen MR) is 195 cm³/mol. The van der Waals surface area contributed by atoms with E-state index in [9.17, 15) is 40.3 Å². The molecule has 0 saturated heterocycles. The topological polar surface area (TPSA) is 156 Å². The fourth-order valence-corrected chi connectivity index (χ4v) is 11.5. The van der Waals surface area contributed by atoms with Crippen LogP contribution in [0.2, 0.25) is 0 Å². The molecular weight excluding hydrogens is 705 g/mol. The van der Waals surface area contributed by atoms with Gasteiger partial charge in [0.1, 0.15) is 12.3 Å². The Bertz CT molecular complexity index is 1300. The second kappa shape index (κ2) is 20.3. The third-order valence-corrected chi connectivity index (χ3v) is 14.6. The third kappa shape index (κ3) is 13.4. The van der Waals surface area contributed by atoms with Gasteiger partial charge < -0.3 is 15.3 Å². The predicted octanol–water partition coefficient (Wildman–Crippen LogP) is 3.76. The molecule has 2 amide bonds. The number of carbonyl (C=O) groups is 2. The Balaban J connectivity index is 1.84. The number of hydrazine groups is 1. The number of nitrogens with zero attached hydrogens (tertiary/aromatic N) is 3. The highest BCUT2D eigenvalue weighted by atomic mass is 32.2. The molecule has 7 unspecified atom stereocenters. The van der Waals surface area contributed by atoms with Gasteiger partial charge in [-0.1, -0.05) is 40.0 Å². The van der Waals surface area contributed by atoms with Crippen LogP contribution >= 0.6 is 0 Å². The fraction of sp³-hybridized carbons (Fsp3) is 0.943. The van der Waals surface area contributed by atoms with Gasteiger partial charge in [0.05, 0.1) is 23.1 Å². The van der Waals surface area contributed by atoms with E-state index in [1.165, 1.54) is 19.1 Å². The number of hydrogen-bond donors (Lipinski definition) is 3. The highest BCUT2D eigenvalue weighted by Crippen LogP contribution is 2.37. The van der Waals surface area contributed by atoms with E-state index in [0.717, 1.165) is 49.3 Å². The normalized spacial score (nSPS) is 28.0. The second-order valence-corrected chi connectivity index (χ2v) is 19.6. The van der Waals surface area contributed by atoms with Crippen LogP contribution in [-0.4, -0.2) is 124 Å². The molecule has 0 heterocycles. The molecule has 3 fully saturated rings. The van der Waals surface area contributed by atoms with Crippen LogP contribution in [0.3, 0.4) is 0 Å². The van der Waals surface area contributed by atoms with Crippen LogP contribution in [0.5, 0.6) is 0 Å². The van der Waals surface area contributed by atoms with Crippen molar-refractivity contribution >= 4 is 31.9 Å². The van der Waals surface area contributed by atoms with E-state index in [1.54, 1.807) is 11.8 Å². The molecule has 0 spiro atoms. The van der Waals surface area contributed by atoms with Crippen molar-refractivity contribution in [2.75, 3.05) is 46.0 Å². The number of carbonyl (C=O) groups excluding carboxylic acids is 2. The first-order chi connectivity index (χ1) is 24.0. The lowest BCUT2D eigenvalue weighted by molar-refractivity contribution is -0.138. The van der Waals surface area contributed by atoms with E-state index in [-0.39, 0.29) is 75.6 Å². The summed E-state index contributed by atoms with van der Waals surface area (Å²) in [6.07, 6.45) is 2.36. The smallest absolute Gasteiger partial charge is 0.225 e. The van der Waals surface area contributed by atoms with Crippen LogP contribution in [0.15, 0.2) is 0 Å². The molecule has 16 heteroatoms. The fourth-order valence-electron chi connectivity index (χ4n) is 8.29. The molecule has 51 heavy (non-hydrogen) atoms. The maximum atomic E-state index is 14.5. The number of likely N-dealkylation sites (N-methyl/N-ethyl adjacent to an activating group) is 1. The third-order valence-electron chi connectivity index (χ3n) is 10.9. The molecule has 3 aliphatic rings. The van der Waals surface area contributed by atoms with Gasteiger partial charge in [0.15, 0.2) is 0 Å². The first-order valence-corrected chi connectivity index (χ1v) is 22.4. The first kappa shape index (κ1) is 43.9. The van der Waals surface area contributed by atoms with Gasteiger partial charge in [-0.2, -0.15) is 0 Å². The van der Waals surface area contributed by atoms with Crippen molar-refractivity contribution in [3.63, 3.8) is 0 Å². The molecule has 3 rings (SSSR count). The minimum atomic E-state index is -3.83. The van der Waals surface area contributed by atoms with Crippen LogP contribution in [-0.2, 0) is 29.6 Å². The SMILES string of the molecule is CCCN(CCC)C(=O)C1CC(C(=O)NC(CC2CC(F)CC(F)C2)C(O)CN(CC)NS(=O)(=O)CC2CCCCC2)CC(S(=O)(=O)N(C)C)C1. The quantitative estimate of drug-likeness (QED) is 0.168. The second-order valence-electron chi connectivity index (χ2n) is 15.5. The van der Waals surface area contributed by atoms with E-state index >= 15 is 0 Å². The monoisotopic (exact) mass is 769 g/mol. The van der Waals surface area contributed by atoms with Gasteiger partial charge >= 0.3 is 0 Å². The molecule has 0 bridgehead atoms. The molecule has 3 N–H and O–H groups in total. The Morgan fingerprint density at radius 3 is 1.96 bits per heavy atom. The van der Waals surface area contributed by atoms with Crippen molar-refractivity contribution in [2.24, 2.45) is 23.7 Å². The van der Waals surface area contributed by atoms with Gasteiger partial charge in [-0.25, -0.2) is 34.9 Å². The molecule has 298 valence electrons. The van der Waals surface area contributed by atoms with Crippen LogP contribution < -0.4 is 10.1 Å². The summed E-state index contributed by atoms with van der Waals surface area (Å²) in [5, 5.41) is 14.9. The summed E-state index contributed by atoms with van der Waals surface area (Å²) in [6, 6.07) is -1.01. The molecule has 0 aromatic rings. The Hall–Kier alpha value is -1.46. The number of alkyl halides is 2. The molecule has 0 aromatic heterocycles. The zero-order valence-electron chi connectivity index (χ0n) is 31.4. The minimum Gasteiger partial charge on any atom is -0.390 e. The largest absolute Gasteiger partial charge is 0.390 e. The Kier molecular flexibility index (Phi) is 17.5. The zero-order valence-corrected chi connectivity index (χ0v) is 33.1. The van der Waals surface area contributed by atoms with Gasteiger partial charge in [0, 0.05) is 58.5 Å². The molecule has 0 radical (unpaired) electrons. The van der Waals surface area contributed by atoms with Crippen LogP contribution in [0.1, 0.15) is 111 Å². The van der Waals surface area contributed by atoms with Crippen LogP contribution in [0, 0.1) is 23.7 Å². The number of hydrogen-bond acceptors (Lipinski definition) is 8. The molecule has 0 aromatic carbocycles. The van der Waals surface area contributed by atoms with Gasteiger partial charge in [-0.15, -0.1) is 4.83 Å². The summed E-state index contributed by atoms with van der Waals surface area (Å²) in [5.74, 6) is -2.76. The molecule has 12 nitrogen and oxygen atoms in total. The Morgan fingerprint density at radius 1 is 0.824 bits per heavy atom. The van der Waals surface area contributed by atoms with Crippen molar-refractivity contribution in [3.8, 4) is 0 Å². The number of sulfonamides is 2. The lowest BCUT2D eigenvalue weighted by Gasteiger charge is -2.38. The van der Waals surface area contributed by atoms with Crippen LogP contribution in [0.4, 0.5) is 8.78 Å². The van der Waals surface area contributed by atoms with Crippen molar-refractivity contribution in [1.82, 2.24) is 24.4 Å². The summed E-state index contributed by atoms with van der Waals surface area (Å²) >= 11 is 0. The number of aliphatic hydroxyl groups excluding tert-OH is 1. The maximum absolute atomic E-state index is 14.5.